The first-order valence-corrected chi connectivity index (χ1v) is 8.15. The summed E-state index contributed by atoms with van der Waals surface area (Å²) in [6.45, 7) is 1.46. The number of hydrogen-bond acceptors (Lipinski definition) is 4. The molecule has 2 heterocycles. The highest BCUT2D eigenvalue weighted by molar-refractivity contribution is 7.91. The zero-order chi connectivity index (χ0) is 12.6. The predicted molar refractivity (Wildman–Crippen MR) is 70.9 cm³/mol. The van der Waals surface area contributed by atoms with Gasteiger partial charge in [0.05, 0.1) is 18.1 Å². The maximum atomic E-state index is 11.4. The van der Waals surface area contributed by atoms with E-state index in [0.29, 0.717) is 12.4 Å². The molecule has 2 aliphatic heterocycles. The predicted octanol–water partition coefficient (Wildman–Crippen LogP) is 1.47. The van der Waals surface area contributed by atoms with E-state index in [9.17, 15) is 8.42 Å². The molecule has 2 aliphatic rings. The molecule has 1 aromatic carbocycles. The maximum absolute atomic E-state index is 11.4. The minimum Gasteiger partial charge on any atom is -0.493 e. The van der Waals surface area contributed by atoms with Crippen molar-refractivity contribution in [3.05, 3.63) is 23.8 Å². The Hall–Kier alpha value is -1.23. The Labute approximate surface area is 107 Å². The molecule has 1 atom stereocenters. The van der Waals surface area contributed by atoms with Gasteiger partial charge in [-0.1, -0.05) is 6.07 Å². The number of sulfone groups is 1. The molecule has 0 spiro atoms. The van der Waals surface area contributed by atoms with E-state index in [1.54, 1.807) is 0 Å². The monoisotopic (exact) mass is 267 g/mol. The molecule has 1 unspecified atom stereocenters. The summed E-state index contributed by atoms with van der Waals surface area (Å²) in [7, 11) is -2.80. The second-order valence-corrected chi connectivity index (χ2v) is 7.27. The minimum atomic E-state index is -2.80. The normalized spacial score (nSPS) is 24.6. The van der Waals surface area contributed by atoms with E-state index in [1.165, 1.54) is 5.56 Å². The van der Waals surface area contributed by atoms with E-state index in [4.69, 9.17) is 4.74 Å². The quantitative estimate of drug-likeness (QED) is 0.901. The number of fused-ring (bicyclic) bond motifs is 1. The summed E-state index contributed by atoms with van der Waals surface area (Å²) >= 11 is 0. The lowest BCUT2D eigenvalue weighted by atomic mass is 10.1. The first-order valence-electron chi connectivity index (χ1n) is 6.33. The second kappa shape index (κ2) is 4.46. The molecule has 1 fully saturated rings. The third kappa shape index (κ3) is 2.32. The molecule has 0 saturated carbocycles. The highest BCUT2D eigenvalue weighted by Gasteiger charge is 2.28. The van der Waals surface area contributed by atoms with E-state index in [0.717, 1.165) is 30.8 Å². The van der Waals surface area contributed by atoms with Gasteiger partial charge in [-0.05, 0) is 25.0 Å². The van der Waals surface area contributed by atoms with Crippen LogP contribution in [0.25, 0.3) is 0 Å². The summed E-state index contributed by atoms with van der Waals surface area (Å²) in [6.07, 6.45) is 1.71. The van der Waals surface area contributed by atoms with Crippen LogP contribution in [0.15, 0.2) is 18.2 Å². The van der Waals surface area contributed by atoms with Crippen LogP contribution in [0.4, 0.5) is 5.69 Å². The molecule has 0 aromatic heterocycles. The molecule has 0 amide bonds. The van der Waals surface area contributed by atoms with Crippen molar-refractivity contribution >= 4 is 15.5 Å². The summed E-state index contributed by atoms with van der Waals surface area (Å²) in [6, 6.07) is 5.99. The van der Waals surface area contributed by atoms with Crippen LogP contribution in [0.5, 0.6) is 5.75 Å². The zero-order valence-electron chi connectivity index (χ0n) is 10.2. The highest BCUT2D eigenvalue weighted by Crippen LogP contribution is 2.31. The van der Waals surface area contributed by atoms with E-state index in [-0.39, 0.29) is 11.7 Å². The molecule has 1 N–H and O–H groups in total. The van der Waals surface area contributed by atoms with Gasteiger partial charge in [-0.2, -0.15) is 0 Å². The zero-order valence-corrected chi connectivity index (χ0v) is 11.0. The molecule has 18 heavy (non-hydrogen) atoms. The summed E-state index contributed by atoms with van der Waals surface area (Å²) in [5.74, 6) is 1.65. The Morgan fingerprint density at radius 2 is 2.28 bits per heavy atom. The first kappa shape index (κ1) is 11.8. The fraction of sp³-hybridized carbons (Fsp3) is 0.538. The van der Waals surface area contributed by atoms with Gasteiger partial charge in [0.15, 0.2) is 9.84 Å². The van der Waals surface area contributed by atoms with Crippen molar-refractivity contribution in [3.8, 4) is 5.75 Å². The van der Waals surface area contributed by atoms with Crippen LogP contribution in [0, 0.1) is 5.92 Å². The van der Waals surface area contributed by atoms with Crippen LogP contribution < -0.4 is 10.1 Å². The lowest BCUT2D eigenvalue weighted by Crippen LogP contribution is -2.14. The fourth-order valence-corrected chi connectivity index (χ4v) is 4.50. The molecule has 4 nitrogen and oxygen atoms in total. The number of benzene rings is 1. The second-order valence-electron chi connectivity index (χ2n) is 5.04. The maximum Gasteiger partial charge on any atom is 0.150 e. The minimum absolute atomic E-state index is 0.153. The van der Waals surface area contributed by atoms with E-state index in [2.05, 4.69) is 11.4 Å². The summed E-state index contributed by atoms with van der Waals surface area (Å²) in [5, 5.41) is 3.31. The molecule has 0 radical (unpaired) electrons. The van der Waals surface area contributed by atoms with Crippen LogP contribution in [0.1, 0.15) is 12.0 Å². The van der Waals surface area contributed by atoms with Crippen LogP contribution in [0.2, 0.25) is 0 Å². The Morgan fingerprint density at radius 1 is 1.39 bits per heavy atom. The van der Waals surface area contributed by atoms with E-state index >= 15 is 0 Å². The lowest BCUT2D eigenvalue weighted by Gasteiger charge is -2.13. The Morgan fingerprint density at radius 3 is 3.06 bits per heavy atom. The standard InChI is InChI=1S/C13H17NO3S/c15-18(16)7-5-10(9-18)8-17-13-3-1-2-12-11(13)4-6-14-12/h1-3,10,14H,4-9H2. The van der Waals surface area contributed by atoms with Crippen molar-refractivity contribution in [1.82, 2.24) is 0 Å². The van der Waals surface area contributed by atoms with Gasteiger partial charge in [-0.3, -0.25) is 0 Å². The highest BCUT2D eigenvalue weighted by atomic mass is 32.2. The van der Waals surface area contributed by atoms with Gasteiger partial charge in [0, 0.05) is 23.7 Å². The van der Waals surface area contributed by atoms with Crippen LogP contribution >= 0.6 is 0 Å². The van der Waals surface area contributed by atoms with Crippen molar-refractivity contribution in [2.45, 2.75) is 12.8 Å². The van der Waals surface area contributed by atoms with Crippen LogP contribution in [0.3, 0.4) is 0 Å². The molecule has 0 bridgehead atoms. The Bertz CT molecular complexity index is 553. The van der Waals surface area contributed by atoms with E-state index in [1.807, 2.05) is 12.1 Å². The van der Waals surface area contributed by atoms with Crippen LogP contribution in [-0.4, -0.2) is 33.1 Å². The third-order valence-electron chi connectivity index (χ3n) is 3.62. The first-order chi connectivity index (χ1) is 8.64. The van der Waals surface area contributed by atoms with Gasteiger partial charge in [0.25, 0.3) is 0 Å². The number of ether oxygens (including phenoxy) is 1. The van der Waals surface area contributed by atoms with Gasteiger partial charge in [-0.15, -0.1) is 0 Å². The molecule has 1 saturated heterocycles. The SMILES string of the molecule is O=S1(=O)CCC(COc2cccc3c2CCN3)C1. The Balaban J connectivity index is 1.66. The summed E-state index contributed by atoms with van der Waals surface area (Å²) < 4.78 is 28.6. The number of hydrogen-bond donors (Lipinski definition) is 1. The number of rotatable bonds is 3. The van der Waals surface area contributed by atoms with Gasteiger partial charge in [-0.25, -0.2) is 8.42 Å². The number of nitrogens with one attached hydrogen (secondary N) is 1. The summed E-state index contributed by atoms with van der Waals surface area (Å²) in [5.41, 5.74) is 2.37. The number of anilines is 1. The van der Waals surface area contributed by atoms with Crippen molar-refractivity contribution in [2.24, 2.45) is 5.92 Å². The molecule has 98 valence electrons. The van der Waals surface area contributed by atoms with Crippen LogP contribution in [-0.2, 0) is 16.3 Å². The largest absolute Gasteiger partial charge is 0.493 e. The lowest BCUT2D eigenvalue weighted by molar-refractivity contribution is 0.261. The molecule has 1 aromatic rings. The van der Waals surface area contributed by atoms with Crippen molar-refractivity contribution < 1.29 is 13.2 Å². The Kier molecular flexibility index (Phi) is 2.93. The third-order valence-corrected chi connectivity index (χ3v) is 5.46. The topological polar surface area (TPSA) is 55.4 Å². The van der Waals surface area contributed by atoms with Crippen molar-refractivity contribution in [3.63, 3.8) is 0 Å². The molecule has 0 aliphatic carbocycles. The molecular formula is C13H17NO3S. The molecular weight excluding hydrogens is 250 g/mol. The van der Waals surface area contributed by atoms with Gasteiger partial charge >= 0.3 is 0 Å². The smallest absolute Gasteiger partial charge is 0.150 e. The molecule has 5 heteroatoms. The van der Waals surface area contributed by atoms with E-state index < -0.39 is 9.84 Å². The van der Waals surface area contributed by atoms with Gasteiger partial charge in [0.1, 0.15) is 5.75 Å². The molecule has 3 rings (SSSR count). The summed E-state index contributed by atoms with van der Waals surface area (Å²) in [4.78, 5) is 0. The fourth-order valence-electron chi connectivity index (χ4n) is 2.66. The average Bonchev–Trinajstić information content (AvgIpc) is 2.92. The van der Waals surface area contributed by atoms with Crippen molar-refractivity contribution in [2.75, 3.05) is 30.0 Å². The van der Waals surface area contributed by atoms with Crippen molar-refractivity contribution in [1.29, 1.82) is 0 Å². The average molecular weight is 267 g/mol. The van der Waals surface area contributed by atoms with Gasteiger partial charge in [0.2, 0.25) is 0 Å². The van der Waals surface area contributed by atoms with Gasteiger partial charge < -0.3 is 10.1 Å².